The van der Waals surface area contributed by atoms with E-state index < -0.39 is 6.04 Å². The summed E-state index contributed by atoms with van der Waals surface area (Å²) in [7, 11) is 4.52. The van der Waals surface area contributed by atoms with Crippen LogP contribution in [0.3, 0.4) is 0 Å². The van der Waals surface area contributed by atoms with Crippen molar-refractivity contribution < 1.29 is 23.8 Å². The number of thioether (sulfide) groups is 1. The highest BCUT2D eigenvalue weighted by atomic mass is 32.2. The van der Waals surface area contributed by atoms with Crippen molar-refractivity contribution in [2.75, 3.05) is 27.1 Å². The number of ether oxygens (including phenoxy) is 3. The number of hydrogen-bond donors (Lipinski definition) is 1. The van der Waals surface area contributed by atoms with Gasteiger partial charge >= 0.3 is 0 Å². The lowest BCUT2D eigenvalue weighted by atomic mass is 10.1. The van der Waals surface area contributed by atoms with Crippen LogP contribution in [0.15, 0.2) is 72.8 Å². The van der Waals surface area contributed by atoms with E-state index in [1.54, 1.807) is 28.8 Å². The summed E-state index contributed by atoms with van der Waals surface area (Å²) in [5, 5.41) is 2.69. The molecule has 182 valence electrons. The van der Waals surface area contributed by atoms with E-state index in [2.05, 4.69) is 5.32 Å². The van der Waals surface area contributed by atoms with E-state index in [1.807, 2.05) is 60.7 Å². The largest absolute Gasteiger partial charge is 0.493 e. The average molecular weight is 493 g/mol. The minimum absolute atomic E-state index is 0.194. The summed E-state index contributed by atoms with van der Waals surface area (Å²) in [4.78, 5) is 28.9. The molecule has 2 atom stereocenters. The molecule has 3 aromatic carbocycles. The molecule has 7 nitrogen and oxygen atoms in total. The summed E-state index contributed by atoms with van der Waals surface area (Å²) >= 11 is 1.57. The fourth-order valence-electron chi connectivity index (χ4n) is 4.09. The van der Waals surface area contributed by atoms with Crippen LogP contribution >= 0.6 is 11.8 Å². The molecule has 1 aliphatic heterocycles. The van der Waals surface area contributed by atoms with Crippen LogP contribution in [0.1, 0.15) is 26.9 Å². The topological polar surface area (TPSA) is 77.1 Å². The van der Waals surface area contributed by atoms with E-state index in [0.29, 0.717) is 35.1 Å². The molecule has 2 unspecified atom stereocenters. The Bertz CT molecular complexity index is 1150. The van der Waals surface area contributed by atoms with Crippen LogP contribution < -0.4 is 19.5 Å². The highest BCUT2D eigenvalue weighted by molar-refractivity contribution is 7.99. The number of hydrogen-bond acceptors (Lipinski definition) is 6. The van der Waals surface area contributed by atoms with E-state index in [-0.39, 0.29) is 17.2 Å². The molecule has 1 N–H and O–H groups in total. The number of rotatable bonds is 8. The molecule has 1 saturated heterocycles. The lowest BCUT2D eigenvalue weighted by Crippen LogP contribution is -2.47. The lowest BCUT2D eigenvalue weighted by Gasteiger charge is -2.29. The zero-order valence-electron chi connectivity index (χ0n) is 19.9. The van der Waals surface area contributed by atoms with Gasteiger partial charge in [-0.25, -0.2) is 0 Å². The third-order valence-electron chi connectivity index (χ3n) is 5.84. The van der Waals surface area contributed by atoms with Crippen molar-refractivity contribution in [3.05, 3.63) is 89.5 Å². The minimum Gasteiger partial charge on any atom is -0.493 e. The normalized spacial score (nSPS) is 17.1. The van der Waals surface area contributed by atoms with Gasteiger partial charge in [-0.2, -0.15) is 0 Å². The standard InChI is InChI=1S/C27H28N2O5S/c1-32-22-14-20(15-23(33-2)24(22)34-3)26(31)29-21(17-35-27(29)19-12-8-5-9-13-19)25(30)28-16-18-10-6-4-7-11-18/h4-15,21,27H,16-17H2,1-3H3,(H,28,30). The summed E-state index contributed by atoms with van der Waals surface area (Å²) in [6.07, 6.45) is 0. The molecule has 4 rings (SSSR count). The number of benzene rings is 3. The first kappa shape index (κ1) is 24.5. The Morgan fingerprint density at radius 3 is 2.09 bits per heavy atom. The van der Waals surface area contributed by atoms with Crippen molar-refractivity contribution in [1.82, 2.24) is 10.2 Å². The van der Waals surface area contributed by atoms with E-state index in [0.717, 1.165) is 11.1 Å². The quantitative estimate of drug-likeness (QED) is 0.506. The molecule has 8 heteroatoms. The number of amides is 2. The Hall–Kier alpha value is -3.65. The van der Waals surface area contributed by atoms with Crippen molar-refractivity contribution >= 4 is 23.6 Å². The van der Waals surface area contributed by atoms with Gasteiger partial charge in [0.1, 0.15) is 11.4 Å². The lowest BCUT2D eigenvalue weighted by molar-refractivity contribution is -0.125. The second-order valence-electron chi connectivity index (χ2n) is 7.94. The van der Waals surface area contributed by atoms with Crippen LogP contribution in [0.4, 0.5) is 0 Å². The molecule has 2 amide bonds. The molecule has 0 saturated carbocycles. The fraction of sp³-hybridized carbons (Fsp3) is 0.259. The van der Waals surface area contributed by atoms with Crippen molar-refractivity contribution in [1.29, 1.82) is 0 Å². The molecular formula is C27H28N2O5S. The Morgan fingerprint density at radius 2 is 1.51 bits per heavy atom. The van der Waals surface area contributed by atoms with Crippen LogP contribution in [0.5, 0.6) is 17.2 Å². The van der Waals surface area contributed by atoms with Crippen LogP contribution in [0.25, 0.3) is 0 Å². The van der Waals surface area contributed by atoms with Gasteiger partial charge in [0.25, 0.3) is 5.91 Å². The first-order valence-electron chi connectivity index (χ1n) is 11.2. The van der Waals surface area contributed by atoms with Gasteiger partial charge < -0.3 is 24.4 Å². The van der Waals surface area contributed by atoms with Crippen molar-refractivity contribution in [2.45, 2.75) is 18.0 Å². The second-order valence-corrected chi connectivity index (χ2v) is 9.06. The third-order valence-corrected chi connectivity index (χ3v) is 7.17. The predicted octanol–water partition coefficient (Wildman–Crippen LogP) is 4.29. The maximum atomic E-state index is 13.9. The van der Waals surface area contributed by atoms with Gasteiger partial charge in [-0.05, 0) is 23.3 Å². The minimum atomic E-state index is -0.638. The molecule has 3 aromatic rings. The van der Waals surface area contributed by atoms with Gasteiger partial charge in [0, 0.05) is 17.9 Å². The Morgan fingerprint density at radius 1 is 0.914 bits per heavy atom. The van der Waals surface area contributed by atoms with Crippen molar-refractivity contribution in [2.24, 2.45) is 0 Å². The van der Waals surface area contributed by atoms with Gasteiger partial charge in [-0.15, -0.1) is 11.8 Å². The molecule has 0 bridgehead atoms. The monoisotopic (exact) mass is 492 g/mol. The van der Waals surface area contributed by atoms with Crippen LogP contribution in [-0.4, -0.2) is 49.8 Å². The summed E-state index contributed by atoms with van der Waals surface area (Å²) < 4.78 is 16.3. The molecule has 0 radical (unpaired) electrons. The SMILES string of the molecule is COc1cc(C(=O)N2C(C(=O)NCc3ccccc3)CSC2c2ccccc2)cc(OC)c1OC. The van der Waals surface area contributed by atoms with Crippen molar-refractivity contribution in [3.63, 3.8) is 0 Å². The molecule has 1 aliphatic rings. The van der Waals surface area contributed by atoms with E-state index >= 15 is 0 Å². The highest BCUT2D eigenvalue weighted by Crippen LogP contribution is 2.44. The third kappa shape index (κ3) is 5.22. The molecule has 0 spiro atoms. The molecular weight excluding hydrogens is 464 g/mol. The molecule has 0 aromatic heterocycles. The van der Waals surface area contributed by atoms with Crippen LogP contribution in [0, 0.1) is 0 Å². The van der Waals surface area contributed by atoms with Crippen LogP contribution in [-0.2, 0) is 11.3 Å². The number of carbonyl (C=O) groups excluding carboxylic acids is 2. The summed E-state index contributed by atoms with van der Waals surface area (Å²) in [6, 6.07) is 22.0. The van der Waals surface area contributed by atoms with E-state index in [9.17, 15) is 9.59 Å². The van der Waals surface area contributed by atoms with E-state index in [4.69, 9.17) is 14.2 Å². The zero-order chi connectivity index (χ0) is 24.8. The summed E-state index contributed by atoms with van der Waals surface area (Å²) in [5.41, 5.74) is 2.30. The van der Waals surface area contributed by atoms with Gasteiger partial charge in [0.2, 0.25) is 11.7 Å². The molecule has 35 heavy (non-hydrogen) atoms. The number of nitrogens with zero attached hydrogens (tertiary/aromatic N) is 1. The Balaban J connectivity index is 1.67. The maximum absolute atomic E-state index is 13.9. The smallest absolute Gasteiger partial charge is 0.256 e. The van der Waals surface area contributed by atoms with Gasteiger partial charge in [-0.1, -0.05) is 60.7 Å². The number of nitrogens with one attached hydrogen (secondary N) is 1. The Kier molecular flexibility index (Phi) is 7.82. The molecule has 1 heterocycles. The Labute approximate surface area is 209 Å². The van der Waals surface area contributed by atoms with E-state index in [1.165, 1.54) is 21.3 Å². The van der Waals surface area contributed by atoms with Gasteiger partial charge in [-0.3, -0.25) is 9.59 Å². The number of methoxy groups -OCH3 is 3. The first-order valence-corrected chi connectivity index (χ1v) is 12.2. The second kappa shape index (κ2) is 11.2. The molecule has 0 aliphatic carbocycles. The number of carbonyl (C=O) groups is 2. The van der Waals surface area contributed by atoms with Gasteiger partial charge in [0.05, 0.1) is 21.3 Å². The summed E-state index contributed by atoms with van der Waals surface area (Å²) in [5.74, 6) is 1.16. The van der Waals surface area contributed by atoms with Crippen LogP contribution in [0.2, 0.25) is 0 Å². The zero-order valence-corrected chi connectivity index (χ0v) is 20.7. The van der Waals surface area contributed by atoms with Crippen molar-refractivity contribution in [3.8, 4) is 17.2 Å². The maximum Gasteiger partial charge on any atom is 0.256 e. The summed E-state index contributed by atoms with van der Waals surface area (Å²) in [6.45, 7) is 0.392. The fourth-order valence-corrected chi connectivity index (χ4v) is 5.52. The highest BCUT2D eigenvalue weighted by Gasteiger charge is 2.42. The first-order chi connectivity index (χ1) is 17.1. The average Bonchev–Trinajstić information content (AvgIpc) is 3.36. The predicted molar refractivity (Wildman–Crippen MR) is 136 cm³/mol. The molecule has 1 fully saturated rings. The van der Waals surface area contributed by atoms with Gasteiger partial charge in [0.15, 0.2) is 11.5 Å².